The number of aliphatic imine (C=N–C) groups is 1. The number of nitrogens with zero attached hydrogens (tertiary/aromatic N) is 5. The summed E-state index contributed by atoms with van der Waals surface area (Å²) in [6, 6.07) is 13.1. The SMILES string of the molecule is CC(C)Oc1cc(C#N)ccc1C1=N[C@@H](c2cn[nH]c2)[C@@H](c2ccc(Cl)cc2)N1C(=O)N1CCNC(=O)C1. The lowest BCUT2D eigenvalue weighted by atomic mass is 9.95. The van der Waals surface area contributed by atoms with Crippen molar-refractivity contribution in [2.75, 3.05) is 19.6 Å². The number of carbonyl (C=O) groups excluding carboxylic acids is 2. The highest BCUT2D eigenvalue weighted by Crippen LogP contribution is 2.45. The Morgan fingerprint density at radius 2 is 2.00 bits per heavy atom. The first-order chi connectivity index (χ1) is 18.4. The molecule has 3 amide bonds. The number of nitrogens with one attached hydrogen (secondary N) is 2. The number of aromatic nitrogens is 2. The van der Waals surface area contributed by atoms with Crippen LogP contribution in [-0.4, -0.2) is 63.5 Å². The zero-order valence-corrected chi connectivity index (χ0v) is 21.6. The van der Waals surface area contributed by atoms with Crippen molar-refractivity contribution in [2.45, 2.75) is 32.0 Å². The Kier molecular flexibility index (Phi) is 7.03. The van der Waals surface area contributed by atoms with Crippen LogP contribution in [-0.2, 0) is 4.79 Å². The number of carbonyl (C=O) groups is 2. The van der Waals surface area contributed by atoms with E-state index in [-0.39, 0.29) is 24.6 Å². The van der Waals surface area contributed by atoms with Gasteiger partial charge in [0.15, 0.2) is 0 Å². The van der Waals surface area contributed by atoms with Gasteiger partial charge in [-0.15, -0.1) is 0 Å². The Morgan fingerprint density at radius 3 is 2.66 bits per heavy atom. The van der Waals surface area contributed by atoms with E-state index < -0.39 is 12.1 Å². The molecule has 0 aliphatic carbocycles. The molecule has 194 valence electrons. The normalized spacial score (nSPS) is 19.2. The molecule has 2 N–H and O–H groups in total. The van der Waals surface area contributed by atoms with Crippen molar-refractivity contribution >= 4 is 29.4 Å². The number of aromatic amines is 1. The summed E-state index contributed by atoms with van der Waals surface area (Å²) in [4.78, 5) is 34.6. The van der Waals surface area contributed by atoms with Gasteiger partial charge in [-0.25, -0.2) is 4.79 Å². The molecule has 1 saturated heterocycles. The maximum Gasteiger partial charge on any atom is 0.326 e. The van der Waals surface area contributed by atoms with E-state index in [0.29, 0.717) is 40.8 Å². The number of amides is 3. The standard InChI is InChI=1S/C27H26ClN7O3/c1-16(2)38-22-11-17(12-29)3-8-21(22)26-33-24(19-13-31-32-14-19)25(18-4-6-20(28)7-5-18)35(26)27(37)34-10-9-30-23(36)15-34/h3-8,11,13-14,16,24-25H,9-10,15H2,1-2H3,(H,30,36)(H,31,32)/t24-,25+/m0/s1. The number of hydrogen-bond donors (Lipinski definition) is 2. The molecule has 2 aliphatic rings. The molecule has 1 fully saturated rings. The van der Waals surface area contributed by atoms with E-state index in [0.717, 1.165) is 11.1 Å². The van der Waals surface area contributed by atoms with Crippen LogP contribution in [0.2, 0.25) is 5.02 Å². The fourth-order valence-corrected chi connectivity index (χ4v) is 4.83. The molecule has 1 aromatic heterocycles. The minimum atomic E-state index is -0.556. The topological polar surface area (TPSA) is 127 Å². The van der Waals surface area contributed by atoms with Crippen LogP contribution in [0.4, 0.5) is 4.79 Å². The molecule has 0 bridgehead atoms. The van der Waals surface area contributed by atoms with Gasteiger partial charge < -0.3 is 15.0 Å². The third-order valence-corrected chi connectivity index (χ3v) is 6.62. The molecule has 0 saturated carbocycles. The van der Waals surface area contributed by atoms with E-state index >= 15 is 0 Å². The molecule has 11 heteroatoms. The minimum Gasteiger partial charge on any atom is -0.490 e. The number of hydrogen-bond acceptors (Lipinski definition) is 6. The zero-order chi connectivity index (χ0) is 26.8. The van der Waals surface area contributed by atoms with Gasteiger partial charge in [-0.3, -0.25) is 19.8 Å². The van der Waals surface area contributed by atoms with Gasteiger partial charge in [0.25, 0.3) is 0 Å². The van der Waals surface area contributed by atoms with Crippen LogP contribution in [0.1, 0.15) is 48.2 Å². The van der Waals surface area contributed by atoms with Gasteiger partial charge in [0, 0.05) is 29.9 Å². The second kappa shape index (κ2) is 10.6. The predicted octanol–water partition coefficient (Wildman–Crippen LogP) is 3.82. The fourth-order valence-electron chi connectivity index (χ4n) is 4.70. The molecule has 0 radical (unpaired) electrons. The van der Waals surface area contributed by atoms with Crippen molar-refractivity contribution in [1.29, 1.82) is 5.26 Å². The minimum absolute atomic E-state index is 0.0605. The molecule has 3 heterocycles. The summed E-state index contributed by atoms with van der Waals surface area (Å²) < 4.78 is 6.09. The highest BCUT2D eigenvalue weighted by Gasteiger charge is 2.45. The average Bonchev–Trinajstić information content (AvgIpc) is 3.57. The summed E-state index contributed by atoms with van der Waals surface area (Å²) >= 11 is 6.19. The first-order valence-electron chi connectivity index (χ1n) is 12.2. The molecule has 0 spiro atoms. The second-order valence-electron chi connectivity index (χ2n) is 9.34. The van der Waals surface area contributed by atoms with Crippen LogP contribution < -0.4 is 10.1 Å². The number of benzene rings is 2. The van der Waals surface area contributed by atoms with Gasteiger partial charge in [-0.1, -0.05) is 23.7 Å². The van der Waals surface area contributed by atoms with Gasteiger partial charge in [0.1, 0.15) is 24.2 Å². The van der Waals surface area contributed by atoms with E-state index in [1.165, 1.54) is 4.90 Å². The van der Waals surface area contributed by atoms with Crippen molar-refractivity contribution in [1.82, 2.24) is 25.3 Å². The molecule has 5 rings (SSSR count). The van der Waals surface area contributed by atoms with Crippen molar-refractivity contribution in [3.63, 3.8) is 0 Å². The Morgan fingerprint density at radius 1 is 1.21 bits per heavy atom. The molecule has 3 aromatic rings. The number of amidine groups is 1. The van der Waals surface area contributed by atoms with Crippen LogP contribution in [0, 0.1) is 11.3 Å². The lowest BCUT2D eigenvalue weighted by Gasteiger charge is -2.35. The van der Waals surface area contributed by atoms with Crippen molar-refractivity contribution in [2.24, 2.45) is 4.99 Å². The van der Waals surface area contributed by atoms with E-state index in [2.05, 4.69) is 21.6 Å². The third-order valence-electron chi connectivity index (χ3n) is 6.37. The van der Waals surface area contributed by atoms with E-state index in [9.17, 15) is 14.9 Å². The molecule has 38 heavy (non-hydrogen) atoms. The maximum atomic E-state index is 14.2. The molecule has 2 aromatic carbocycles. The summed E-state index contributed by atoms with van der Waals surface area (Å²) in [6.07, 6.45) is 3.25. The highest BCUT2D eigenvalue weighted by molar-refractivity contribution is 6.30. The average molecular weight is 532 g/mol. The van der Waals surface area contributed by atoms with Crippen LogP contribution in [0.25, 0.3) is 0 Å². The predicted molar refractivity (Wildman–Crippen MR) is 141 cm³/mol. The van der Waals surface area contributed by atoms with Gasteiger partial charge in [0.2, 0.25) is 5.91 Å². The Bertz CT molecular complexity index is 1410. The molecule has 0 unspecified atom stereocenters. The quantitative estimate of drug-likeness (QED) is 0.517. The fraction of sp³-hybridized carbons (Fsp3) is 0.296. The maximum absolute atomic E-state index is 14.2. The number of halogens is 1. The van der Waals surface area contributed by atoms with Gasteiger partial charge in [0.05, 0.1) is 35.5 Å². The van der Waals surface area contributed by atoms with Gasteiger partial charge in [-0.05, 0) is 49.7 Å². The van der Waals surface area contributed by atoms with Gasteiger partial charge in [-0.2, -0.15) is 10.4 Å². The summed E-state index contributed by atoms with van der Waals surface area (Å²) in [5.41, 5.74) is 2.59. The number of ether oxygens (including phenoxy) is 1. The Labute approximate surface area is 224 Å². The molecule has 2 aliphatic heterocycles. The molecular formula is C27H26ClN7O3. The van der Waals surface area contributed by atoms with Crippen LogP contribution in [0.3, 0.4) is 0 Å². The monoisotopic (exact) mass is 531 g/mol. The number of H-pyrrole nitrogens is 1. The number of piperazine rings is 1. The number of urea groups is 1. The third kappa shape index (κ3) is 4.93. The molecule has 2 atom stereocenters. The molecular weight excluding hydrogens is 506 g/mol. The highest BCUT2D eigenvalue weighted by atomic mass is 35.5. The largest absolute Gasteiger partial charge is 0.490 e. The van der Waals surface area contributed by atoms with Crippen LogP contribution >= 0.6 is 11.6 Å². The lowest BCUT2D eigenvalue weighted by Crippen LogP contribution is -2.55. The first kappa shape index (κ1) is 25.3. The second-order valence-corrected chi connectivity index (χ2v) is 9.78. The Hall–Kier alpha value is -4.36. The summed E-state index contributed by atoms with van der Waals surface area (Å²) in [7, 11) is 0. The lowest BCUT2D eigenvalue weighted by molar-refractivity contribution is -0.123. The van der Waals surface area contributed by atoms with E-state index in [4.69, 9.17) is 21.3 Å². The summed E-state index contributed by atoms with van der Waals surface area (Å²) in [6.45, 7) is 4.44. The summed E-state index contributed by atoms with van der Waals surface area (Å²) in [5.74, 6) is 0.598. The smallest absolute Gasteiger partial charge is 0.326 e. The van der Waals surface area contributed by atoms with E-state index in [1.54, 1.807) is 47.6 Å². The van der Waals surface area contributed by atoms with Gasteiger partial charge >= 0.3 is 6.03 Å². The van der Waals surface area contributed by atoms with Crippen LogP contribution in [0.15, 0.2) is 59.9 Å². The molecule has 10 nitrogen and oxygen atoms in total. The zero-order valence-electron chi connectivity index (χ0n) is 20.9. The number of nitriles is 1. The van der Waals surface area contributed by atoms with Crippen LogP contribution in [0.5, 0.6) is 5.75 Å². The van der Waals surface area contributed by atoms with Crippen molar-refractivity contribution in [3.05, 3.63) is 82.1 Å². The number of rotatable bonds is 5. The Balaban J connectivity index is 1.69. The first-order valence-corrected chi connectivity index (χ1v) is 12.6. The van der Waals surface area contributed by atoms with Crippen molar-refractivity contribution in [3.8, 4) is 11.8 Å². The van der Waals surface area contributed by atoms with E-state index in [1.807, 2.05) is 26.0 Å². The van der Waals surface area contributed by atoms with Crippen molar-refractivity contribution < 1.29 is 14.3 Å². The summed E-state index contributed by atoms with van der Waals surface area (Å²) in [5, 5.41) is 19.8.